The second kappa shape index (κ2) is 8.35. The summed E-state index contributed by atoms with van der Waals surface area (Å²) in [6.07, 6.45) is -0.533. The molecule has 29 heavy (non-hydrogen) atoms. The minimum atomic E-state index is -0.533. The van der Waals surface area contributed by atoms with E-state index in [1.807, 2.05) is 53.4 Å². The number of benzene rings is 3. The molecule has 4 nitrogen and oxygen atoms in total. The van der Waals surface area contributed by atoms with E-state index in [9.17, 15) is 9.18 Å². The number of carbonyl (C=O) groups is 1. The Bertz CT molecular complexity index is 1030. The molecule has 0 saturated carbocycles. The first-order valence-electron chi connectivity index (χ1n) is 9.26. The molecule has 4 rings (SSSR count). The Morgan fingerprint density at radius 3 is 2.52 bits per heavy atom. The summed E-state index contributed by atoms with van der Waals surface area (Å²) < 4.78 is 20.6. The van der Waals surface area contributed by atoms with E-state index in [0.717, 1.165) is 21.3 Å². The smallest absolute Gasteiger partial charge is 0.319 e. The molecule has 0 unspecified atom stereocenters. The molecule has 0 bridgehead atoms. The van der Waals surface area contributed by atoms with Gasteiger partial charge in [0.2, 0.25) is 0 Å². The van der Waals surface area contributed by atoms with Gasteiger partial charge in [0, 0.05) is 15.7 Å². The standard InChI is InChI=1S/C23H20BrFN2O2/c1-29-21(28)14-27-22(15-7-3-2-4-8-15)18-13-16(24)11-12-20(18)26-23(27)17-9-5-6-10-19(17)25/h2-13,22-23,26H,14H2,1H3/t22-,23+/m1/s1. The molecular formula is C23H20BrFN2O2. The lowest BCUT2D eigenvalue weighted by Crippen LogP contribution is -2.44. The van der Waals surface area contributed by atoms with Gasteiger partial charge < -0.3 is 10.1 Å². The van der Waals surface area contributed by atoms with Crippen molar-refractivity contribution < 1.29 is 13.9 Å². The first-order chi connectivity index (χ1) is 14.1. The number of nitrogens with one attached hydrogen (secondary N) is 1. The predicted octanol–water partition coefficient (Wildman–Crippen LogP) is 5.28. The first kappa shape index (κ1) is 19.6. The fourth-order valence-electron chi connectivity index (χ4n) is 3.80. The third-order valence-corrected chi connectivity index (χ3v) is 5.61. The van der Waals surface area contributed by atoms with Gasteiger partial charge in [0.25, 0.3) is 0 Å². The van der Waals surface area contributed by atoms with Gasteiger partial charge in [0.15, 0.2) is 0 Å². The lowest BCUT2D eigenvalue weighted by Gasteiger charge is -2.44. The molecule has 0 spiro atoms. The van der Waals surface area contributed by atoms with Crippen molar-refractivity contribution in [1.29, 1.82) is 0 Å². The van der Waals surface area contributed by atoms with Crippen LogP contribution in [-0.4, -0.2) is 24.5 Å². The van der Waals surface area contributed by atoms with Crippen LogP contribution in [0, 0.1) is 5.82 Å². The van der Waals surface area contributed by atoms with Gasteiger partial charge in [-0.05, 0) is 35.4 Å². The van der Waals surface area contributed by atoms with Crippen molar-refractivity contribution in [3.05, 3.63) is 99.8 Å². The number of rotatable bonds is 4. The maximum atomic E-state index is 14.7. The van der Waals surface area contributed by atoms with E-state index >= 15 is 0 Å². The number of ether oxygens (including phenoxy) is 1. The number of anilines is 1. The Kier molecular flexibility index (Phi) is 5.65. The quantitative estimate of drug-likeness (QED) is 0.544. The summed E-state index contributed by atoms with van der Waals surface area (Å²) >= 11 is 3.55. The number of carbonyl (C=O) groups excluding carboxylic acids is 1. The second-order valence-corrected chi connectivity index (χ2v) is 7.78. The molecule has 0 radical (unpaired) electrons. The number of nitrogens with zero attached hydrogens (tertiary/aromatic N) is 1. The van der Waals surface area contributed by atoms with Crippen molar-refractivity contribution in [2.24, 2.45) is 0 Å². The van der Waals surface area contributed by atoms with E-state index in [4.69, 9.17) is 4.74 Å². The molecule has 1 N–H and O–H groups in total. The molecule has 3 aromatic carbocycles. The topological polar surface area (TPSA) is 41.6 Å². The molecule has 6 heteroatoms. The molecular weight excluding hydrogens is 435 g/mol. The number of esters is 1. The van der Waals surface area contributed by atoms with Gasteiger partial charge in [-0.3, -0.25) is 9.69 Å². The van der Waals surface area contributed by atoms with Gasteiger partial charge in [-0.2, -0.15) is 0 Å². The zero-order valence-electron chi connectivity index (χ0n) is 15.8. The molecule has 3 aromatic rings. The minimum Gasteiger partial charge on any atom is -0.468 e. The molecule has 0 aliphatic carbocycles. The van der Waals surface area contributed by atoms with Crippen LogP contribution in [-0.2, 0) is 9.53 Å². The van der Waals surface area contributed by atoms with Crippen LogP contribution in [0.4, 0.5) is 10.1 Å². The van der Waals surface area contributed by atoms with E-state index in [1.165, 1.54) is 13.2 Å². The van der Waals surface area contributed by atoms with Crippen molar-refractivity contribution in [1.82, 2.24) is 4.90 Å². The highest BCUT2D eigenvalue weighted by Crippen LogP contribution is 2.45. The molecule has 2 atom stereocenters. The van der Waals surface area contributed by atoms with Gasteiger partial charge in [0.1, 0.15) is 12.0 Å². The molecule has 1 heterocycles. The van der Waals surface area contributed by atoms with Crippen LogP contribution in [0.3, 0.4) is 0 Å². The second-order valence-electron chi connectivity index (χ2n) is 6.86. The number of fused-ring (bicyclic) bond motifs is 1. The Labute approximate surface area is 177 Å². The molecule has 0 aromatic heterocycles. The SMILES string of the molecule is COC(=O)CN1[C@H](c2ccccc2)c2cc(Br)ccc2N[C@@H]1c1ccccc1F. The van der Waals surface area contributed by atoms with E-state index in [-0.39, 0.29) is 24.4 Å². The van der Waals surface area contributed by atoms with Gasteiger partial charge in [-0.25, -0.2) is 4.39 Å². The average Bonchev–Trinajstić information content (AvgIpc) is 2.74. The third kappa shape index (κ3) is 3.91. The number of hydrogen-bond acceptors (Lipinski definition) is 4. The number of methoxy groups -OCH3 is 1. The Morgan fingerprint density at radius 2 is 1.79 bits per heavy atom. The van der Waals surface area contributed by atoms with E-state index in [0.29, 0.717) is 5.56 Å². The van der Waals surface area contributed by atoms with Gasteiger partial charge in [-0.15, -0.1) is 0 Å². The fourth-order valence-corrected chi connectivity index (χ4v) is 4.18. The van der Waals surface area contributed by atoms with E-state index in [1.54, 1.807) is 18.2 Å². The highest BCUT2D eigenvalue weighted by atomic mass is 79.9. The molecule has 0 amide bonds. The normalized spacial score (nSPS) is 18.6. The van der Waals surface area contributed by atoms with Crippen molar-refractivity contribution in [2.45, 2.75) is 12.2 Å². The third-order valence-electron chi connectivity index (χ3n) is 5.12. The zero-order valence-corrected chi connectivity index (χ0v) is 17.4. The minimum absolute atomic E-state index is 0.00795. The predicted molar refractivity (Wildman–Crippen MR) is 114 cm³/mol. The van der Waals surface area contributed by atoms with E-state index < -0.39 is 6.17 Å². The Morgan fingerprint density at radius 1 is 1.07 bits per heavy atom. The van der Waals surface area contributed by atoms with Crippen LogP contribution in [0.15, 0.2) is 77.3 Å². The van der Waals surface area contributed by atoms with E-state index in [2.05, 4.69) is 21.2 Å². The maximum Gasteiger partial charge on any atom is 0.319 e. The number of hydrogen-bond donors (Lipinski definition) is 1. The average molecular weight is 455 g/mol. The monoisotopic (exact) mass is 454 g/mol. The summed E-state index contributed by atoms with van der Waals surface area (Å²) in [7, 11) is 1.36. The van der Waals surface area contributed by atoms with Gasteiger partial charge >= 0.3 is 5.97 Å². The first-order valence-corrected chi connectivity index (χ1v) is 10.1. The Balaban J connectivity index is 1.91. The highest BCUT2D eigenvalue weighted by molar-refractivity contribution is 9.10. The van der Waals surface area contributed by atoms with Gasteiger partial charge in [-0.1, -0.05) is 64.5 Å². The summed E-state index contributed by atoms with van der Waals surface area (Å²) in [5.41, 5.74) is 3.39. The van der Waals surface area contributed by atoms with Crippen LogP contribution >= 0.6 is 15.9 Å². The molecule has 1 aliphatic rings. The van der Waals surface area contributed by atoms with Crippen molar-refractivity contribution in [3.63, 3.8) is 0 Å². The van der Waals surface area contributed by atoms with Crippen molar-refractivity contribution >= 4 is 27.6 Å². The zero-order chi connectivity index (χ0) is 20.4. The van der Waals surface area contributed by atoms with Crippen LogP contribution in [0.1, 0.15) is 28.9 Å². The number of halogens is 2. The van der Waals surface area contributed by atoms with Crippen molar-refractivity contribution in [2.75, 3.05) is 19.0 Å². The summed E-state index contributed by atoms with van der Waals surface area (Å²) in [5, 5.41) is 3.42. The Hall–Kier alpha value is -2.70. The summed E-state index contributed by atoms with van der Waals surface area (Å²) in [5.74, 6) is -0.709. The molecule has 0 fully saturated rings. The van der Waals surface area contributed by atoms with Crippen LogP contribution in [0.2, 0.25) is 0 Å². The summed E-state index contributed by atoms with van der Waals surface area (Å²) in [6.45, 7) is 0.00795. The summed E-state index contributed by atoms with van der Waals surface area (Å²) in [6, 6.07) is 22.2. The summed E-state index contributed by atoms with van der Waals surface area (Å²) in [4.78, 5) is 14.2. The van der Waals surface area contributed by atoms with Crippen LogP contribution < -0.4 is 5.32 Å². The van der Waals surface area contributed by atoms with Gasteiger partial charge in [0.05, 0.1) is 19.7 Å². The lowest BCUT2D eigenvalue weighted by atomic mass is 9.91. The van der Waals surface area contributed by atoms with Crippen LogP contribution in [0.25, 0.3) is 0 Å². The fraction of sp³-hybridized carbons (Fsp3) is 0.174. The lowest BCUT2D eigenvalue weighted by molar-refractivity contribution is -0.143. The maximum absolute atomic E-state index is 14.7. The van der Waals surface area contributed by atoms with Crippen LogP contribution in [0.5, 0.6) is 0 Å². The molecule has 148 valence electrons. The van der Waals surface area contributed by atoms with Crippen molar-refractivity contribution in [3.8, 4) is 0 Å². The molecule has 0 saturated heterocycles. The largest absolute Gasteiger partial charge is 0.468 e. The highest BCUT2D eigenvalue weighted by Gasteiger charge is 2.38. The molecule has 1 aliphatic heterocycles.